The predicted octanol–water partition coefficient (Wildman–Crippen LogP) is -2.06. The molecule has 0 unspecified atom stereocenters. The van der Waals surface area contributed by atoms with Gasteiger partial charge in [0.05, 0.1) is 32.2 Å². The van der Waals surface area contributed by atoms with Gasteiger partial charge in [-0.15, -0.1) is 0 Å². The van der Waals surface area contributed by atoms with Crippen LogP contribution in [0.25, 0.3) is 0 Å². The molecule has 5 N–H and O–H groups in total. The van der Waals surface area contributed by atoms with Crippen LogP contribution in [0.4, 0.5) is 0 Å². The molecule has 0 spiro atoms. The van der Waals surface area contributed by atoms with Gasteiger partial charge in [0.1, 0.15) is 0 Å². The Kier molecular flexibility index (Phi) is 6.96. The van der Waals surface area contributed by atoms with Crippen molar-refractivity contribution in [3.8, 4) is 0 Å². The highest BCUT2D eigenvalue weighted by Gasteiger charge is 2.19. The Morgan fingerprint density at radius 2 is 1.65 bits per heavy atom. The fourth-order valence-corrected chi connectivity index (χ4v) is 2.04. The van der Waals surface area contributed by atoms with Crippen molar-refractivity contribution in [2.24, 2.45) is 11.5 Å². The van der Waals surface area contributed by atoms with Crippen LogP contribution in [0.5, 0.6) is 0 Å². The first-order valence-electron chi connectivity index (χ1n) is 6.65. The van der Waals surface area contributed by atoms with E-state index in [9.17, 15) is 14.4 Å². The van der Waals surface area contributed by atoms with Gasteiger partial charge in [0.2, 0.25) is 17.7 Å². The second-order valence-electron chi connectivity index (χ2n) is 4.75. The Morgan fingerprint density at radius 1 is 1.10 bits per heavy atom. The van der Waals surface area contributed by atoms with Gasteiger partial charge in [-0.25, -0.2) is 0 Å². The van der Waals surface area contributed by atoms with Crippen LogP contribution in [0.1, 0.15) is 19.3 Å². The topological polar surface area (TPSA) is 128 Å². The zero-order chi connectivity index (χ0) is 15.0. The number of rotatable bonds is 8. The molecule has 1 heterocycles. The lowest BCUT2D eigenvalue weighted by molar-refractivity contribution is -0.139. The van der Waals surface area contributed by atoms with E-state index in [0.717, 1.165) is 30.8 Å². The third kappa shape index (κ3) is 6.48. The Hall–Kier alpha value is -1.67. The summed E-state index contributed by atoms with van der Waals surface area (Å²) in [5.41, 5.74) is 10.1. The summed E-state index contributed by atoms with van der Waals surface area (Å²) in [6.45, 7) is 1.46. The number of carbonyl (C=O) groups is 3. The average molecular weight is 286 g/mol. The van der Waals surface area contributed by atoms with Gasteiger partial charge < -0.3 is 26.4 Å². The molecule has 20 heavy (non-hydrogen) atoms. The van der Waals surface area contributed by atoms with E-state index in [2.05, 4.69) is 5.32 Å². The largest absolute Gasteiger partial charge is 0.378 e. The SMILES string of the molecule is NC(=O)CN(CC(N)=O)C(=O)CCOC1CCNCC1. The molecule has 0 aromatic rings. The smallest absolute Gasteiger partial charge is 0.237 e. The van der Waals surface area contributed by atoms with Gasteiger partial charge in [0.25, 0.3) is 0 Å². The third-order valence-corrected chi connectivity index (χ3v) is 3.00. The Balaban J connectivity index is 2.32. The van der Waals surface area contributed by atoms with Crippen LogP contribution < -0.4 is 16.8 Å². The number of primary amides is 2. The molecule has 0 atom stereocenters. The number of nitrogens with one attached hydrogen (secondary N) is 1. The van der Waals surface area contributed by atoms with Gasteiger partial charge in [-0.05, 0) is 25.9 Å². The Labute approximate surface area is 117 Å². The summed E-state index contributed by atoms with van der Waals surface area (Å²) < 4.78 is 5.59. The van der Waals surface area contributed by atoms with E-state index >= 15 is 0 Å². The van der Waals surface area contributed by atoms with Gasteiger partial charge in [-0.3, -0.25) is 14.4 Å². The fraction of sp³-hybridized carbons (Fsp3) is 0.750. The van der Waals surface area contributed by atoms with Crippen molar-refractivity contribution in [3.63, 3.8) is 0 Å². The second-order valence-corrected chi connectivity index (χ2v) is 4.75. The van der Waals surface area contributed by atoms with Crippen LogP contribution in [0, 0.1) is 0 Å². The van der Waals surface area contributed by atoms with E-state index in [1.807, 2.05) is 0 Å². The fourth-order valence-electron chi connectivity index (χ4n) is 2.04. The van der Waals surface area contributed by atoms with Crippen LogP contribution in [-0.4, -0.2) is 61.5 Å². The molecule has 0 saturated carbocycles. The number of hydrogen-bond acceptors (Lipinski definition) is 5. The standard InChI is InChI=1S/C12H22N4O4/c13-10(17)7-16(8-11(14)18)12(19)3-6-20-9-1-4-15-5-2-9/h9,15H,1-8H2,(H2,13,17)(H2,14,18). The maximum Gasteiger partial charge on any atom is 0.237 e. The number of piperidine rings is 1. The van der Waals surface area contributed by atoms with Gasteiger partial charge in [-0.2, -0.15) is 0 Å². The number of ether oxygens (including phenoxy) is 1. The highest BCUT2D eigenvalue weighted by molar-refractivity contribution is 5.88. The molecule has 0 radical (unpaired) electrons. The molecule has 0 aliphatic carbocycles. The first-order chi connectivity index (χ1) is 9.49. The highest BCUT2D eigenvalue weighted by atomic mass is 16.5. The molecule has 1 aliphatic heterocycles. The van der Waals surface area contributed by atoms with Gasteiger partial charge in [-0.1, -0.05) is 0 Å². The summed E-state index contributed by atoms with van der Waals surface area (Å²) in [5, 5.41) is 3.22. The first-order valence-corrected chi connectivity index (χ1v) is 6.65. The van der Waals surface area contributed by atoms with E-state index in [-0.39, 0.29) is 38.1 Å². The zero-order valence-electron chi connectivity index (χ0n) is 11.5. The first kappa shape index (κ1) is 16.4. The summed E-state index contributed by atoms with van der Waals surface area (Å²) in [6, 6.07) is 0. The zero-order valence-corrected chi connectivity index (χ0v) is 11.5. The van der Waals surface area contributed by atoms with Crippen LogP contribution in [0.2, 0.25) is 0 Å². The summed E-state index contributed by atoms with van der Waals surface area (Å²) in [4.78, 5) is 34.6. The minimum Gasteiger partial charge on any atom is -0.378 e. The van der Waals surface area contributed by atoms with Crippen LogP contribution in [0.3, 0.4) is 0 Å². The average Bonchev–Trinajstić information content (AvgIpc) is 2.38. The normalized spacial score (nSPS) is 15.8. The number of hydrogen-bond donors (Lipinski definition) is 3. The van der Waals surface area contributed by atoms with E-state index < -0.39 is 11.8 Å². The molecule has 1 saturated heterocycles. The molecular formula is C12H22N4O4. The van der Waals surface area contributed by atoms with Crippen LogP contribution >= 0.6 is 0 Å². The lowest BCUT2D eigenvalue weighted by atomic mass is 10.1. The van der Waals surface area contributed by atoms with Crippen molar-refractivity contribution < 1.29 is 19.1 Å². The monoisotopic (exact) mass is 286 g/mol. The maximum atomic E-state index is 11.9. The van der Waals surface area contributed by atoms with Crippen molar-refractivity contribution in [2.45, 2.75) is 25.4 Å². The van der Waals surface area contributed by atoms with E-state index in [0.29, 0.717) is 0 Å². The molecule has 0 aromatic carbocycles. The van der Waals surface area contributed by atoms with E-state index in [4.69, 9.17) is 16.2 Å². The molecule has 8 nitrogen and oxygen atoms in total. The highest BCUT2D eigenvalue weighted by Crippen LogP contribution is 2.07. The van der Waals surface area contributed by atoms with E-state index in [1.54, 1.807) is 0 Å². The number of nitrogens with two attached hydrogens (primary N) is 2. The van der Waals surface area contributed by atoms with Gasteiger partial charge >= 0.3 is 0 Å². The maximum absolute atomic E-state index is 11.9. The summed E-state index contributed by atoms with van der Waals surface area (Å²) in [6.07, 6.45) is 2.09. The molecule has 1 aliphatic rings. The number of carbonyl (C=O) groups excluding carboxylic acids is 3. The van der Waals surface area contributed by atoms with Crippen molar-refractivity contribution in [2.75, 3.05) is 32.8 Å². The van der Waals surface area contributed by atoms with Crippen LogP contribution in [0.15, 0.2) is 0 Å². The minimum absolute atomic E-state index is 0.102. The molecule has 0 bridgehead atoms. The van der Waals surface area contributed by atoms with Crippen molar-refractivity contribution in [3.05, 3.63) is 0 Å². The molecule has 1 fully saturated rings. The minimum atomic E-state index is -0.682. The van der Waals surface area contributed by atoms with Gasteiger partial charge in [0, 0.05) is 0 Å². The van der Waals surface area contributed by atoms with Gasteiger partial charge in [0.15, 0.2) is 0 Å². The molecule has 114 valence electrons. The predicted molar refractivity (Wildman–Crippen MR) is 71.4 cm³/mol. The molecule has 1 rings (SSSR count). The third-order valence-electron chi connectivity index (χ3n) is 3.00. The van der Waals surface area contributed by atoms with E-state index in [1.165, 1.54) is 0 Å². The molecule has 8 heteroatoms. The number of amides is 3. The molecule has 3 amide bonds. The summed E-state index contributed by atoms with van der Waals surface area (Å²) in [5.74, 6) is -1.73. The van der Waals surface area contributed by atoms with Crippen molar-refractivity contribution in [1.82, 2.24) is 10.2 Å². The summed E-state index contributed by atoms with van der Waals surface area (Å²) >= 11 is 0. The molecule has 0 aromatic heterocycles. The lowest BCUT2D eigenvalue weighted by Crippen LogP contribution is -2.43. The Bertz CT molecular complexity index is 339. The second kappa shape index (κ2) is 8.49. The number of nitrogens with zero attached hydrogens (tertiary/aromatic N) is 1. The summed E-state index contributed by atoms with van der Waals surface area (Å²) in [7, 11) is 0. The Morgan fingerprint density at radius 3 is 2.15 bits per heavy atom. The van der Waals surface area contributed by atoms with Crippen molar-refractivity contribution in [1.29, 1.82) is 0 Å². The quantitative estimate of drug-likeness (QED) is 0.473. The molecular weight excluding hydrogens is 264 g/mol. The van der Waals surface area contributed by atoms with Crippen LogP contribution in [-0.2, 0) is 19.1 Å². The van der Waals surface area contributed by atoms with Crippen molar-refractivity contribution >= 4 is 17.7 Å². The lowest BCUT2D eigenvalue weighted by Gasteiger charge is -2.24.